The van der Waals surface area contributed by atoms with Crippen molar-refractivity contribution >= 4 is 23.6 Å². The molecule has 110 valence electrons. The van der Waals surface area contributed by atoms with Gasteiger partial charge in [-0.05, 0) is 18.4 Å². The van der Waals surface area contributed by atoms with Crippen molar-refractivity contribution in [2.75, 3.05) is 38.2 Å². The van der Waals surface area contributed by atoms with E-state index in [4.69, 9.17) is 5.73 Å². The van der Waals surface area contributed by atoms with Crippen molar-refractivity contribution in [1.29, 1.82) is 0 Å². The zero-order valence-electron chi connectivity index (χ0n) is 12.1. The number of amides is 2. The molecule has 0 radical (unpaired) electrons. The lowest BCUT2D eigenvalue weighted by atomic mass is 10.1. The van der Waals surface area contributed by atoms with Crippen molar-refractivity contribution in [3.8, 4) is 0 Å². The lowest BCUT2D eigenvalue weighted by Gasteiger charge is -2.36. The van der Waals surface area contributed by atoms with Gasteiger partial charge in [0.2, 0.25) is 11.8 Å². The Bertz CT molecular complexity index is 315. The van der Waals surface area contributed by atoms with Gasteiger partial charge in [-0.2, -0.15) is 11.8 Å². The van der Waals surface area contributed by atoms with E-state index >= 15 is 0 Å². The molecule has 2 amide bonds. The molecule has 1 fully saturated rings. The smallest absolute Gasteiger partial charge is 0.239 e. The number of piperazine rings is 1. The van der Waals surface area contributed by atoms with Crippen LogP contribution < -0.4 is 5.73 Å². The van der Waals surface area contributed by atoms with E-state index < -0.39 is 6.04 Å². The van der Waals surface area contributed by atoms with E-state index in [1.807, 2.05) is 25.0 Å². The van der Waals surface area contributed by atoms with Crippen LogP contribution in [0.1, 0.15) is 20.3 Å². The molecule has 0 aromatic rings. The standard InChI is InChI=1S/C13H25N3O2S/c1-10(2)12(17)15-5-7-16(8-6-15)13(18)11(14)4-9-19-3/h10-11H,4-9,14H2,1-3H3/t11-/m1/s1. The Morgan fingerprint density at radius 3 is 2.00 bits per heavy atom. The summed E-state index contributed by atoms with van der Waals surface area (Å²) >= 11 is 1.70. The summed E-state index contributed by atoms with van der Waals surface area (Å²) in [5.74, 6) is 1.11. The molecule has 1 heterocycles. The molecule has 1 atom stereocenters. The van der Waals surface area contributed by atoms with Gasteiger partial charge in [-0.25, -0.2) is 0 Å². The van der Waals surface area contributed by atoms with Crippen LogP contribution in [0.15, 0.2) is 0 Å². The third-order valence-electron chi connectivity index (χ3n) is 3.35. The Hall–Kier alpha value is -0.750. The number of thioether (sulfide) groups is 1. The number of carbonyl (C=O) groups is 2. The third kappa shape index (κ3) is 4.69. The first-order chi connectivity index (χ1) is 8.97. The summed E-state index contributed by atoms with van der Waals surface area (Å²) in [6, 6.07) is -0.403. The maximum Gasteiger partial charge on any atom is 0.239 e. The SMILES string of the molecule is CSCC[C@@H](N)C(=O)N1CCN(C(=O)C(C)C)CC1. The fourth-order valence-corrected chi connectivity index (χ4v) is 2.60. The number of hydrogen-bond acceptors (Lipinski definition) is 4. The highest BCUT2D eigenvalue weighted by Crippen LogP contribution is 2.09. The van der Waals surface area contributed by atoms with Crippen LogP contribution in [0.4, 0.5) is 0 Å². The molecule has 5 nitrogen and oxygen atoms in total. The second-order valence-corrected chi connectivity index (χ2v) is 6.18. The molecule has 0 unspecified atom stereocenters. The first-order valence-corrected chi connectivity index (χ1v) is 8.18. The van der Waals surface area contributed by atoms with E-state index in [1.54, 1.807) is 16.7 Å². The van der Waals surface area contributed by atoms with E-state index in [1.165, 1.54) is 0 Å². The molecule has 1 aliphatic rings. The first kappa shape index (κ1) is 16.3. The van der Waals surface area contributed by atoms with Crippen molar-refractivity contribution in [3.63, 3.8) is 0 Å². The van der Waals surface area contributed by atoms with Gasteiger partial charge in [-0.3, -0.25) is 9.59 Å². The van der Waals surface area contributed by atoms with E-state index in [0.29, 0.717) is 32.6 Å². The summed E-state index contributed by atoms with van der Waals surface area (Å²) in [6.07, 6.45) is 2.72. The quantitative estimate of drug-likeness (QED) is 0.794. The van der Waals surface area contributed by atoms with Crippen molar-refractivity contribution < 1.29 is 9.59 Å². The minimum atomic E-state index is -0.403. The highest BCUT2D eigenvalue weighted by atomic mass is 32.2. The van der Waals surface area contributed by atoms with Crippen LogP contribution in [0.25, 0.3) is 0 Å². The molecule has 1 rings (SSSR count). The number of carbonyl (C=O) groups excluding carboxylic acids is 2. The van der Waals surface area contributed by atoms with E-state index in [9.17, 15) is 9.59 Å². The molecule has 2 N–H and O–H groups in total. The van der Waals surface area contributed by atoms with E-state index in [0.717, 1.165) is 5.75 Å². The van der Waals surface area contributed by atoms with Crippen molar-refractivity contribution in [2.45, 2.75) is 26.3 Å². The Balaban J connectivity index is 2.41. The maximum absolute atomic E-state index is 12.1. The number of nitrogens with zero attached hydrogens (tertiary/aromatic N) is 2. The van der Waals surface area contributed by atoms with Gasteiger partial charge in [0.1, 0.15) is 0 Å². The molecule has 0 bridgehead atoms. The van der Waals surface area contributed by atoms with Gasteiger partial charge in [-0.1, -0.05) is 13.8 Å². The highest BCUT2D eigenvalue weighted by Gasteiger charge is 2.27. The van der Waals surface area contributed by atoms with Crippen molar-refractivity contribution in [1.82, 2.24) is 9.80 Å². The Morgan fingerprint density at radius 1 is 1.11 bits per heavy atom. The largest absolute Gasteiger partial charge is 0.339 e. The molecule has 19 heavy (non-hydrogen) atoms. The minimum Gasteiger partial charge on any atom is -0.339 e. The van der Waals surface area contributed by atoms with Crippen molar-refractivity contribution in [2.24, 2.45) is 11.7 Å². The van der Waals surface area contributed by atoms with Crippen LogP contribution in [0.2, 0.25) is 0 Å². The number of nitrogens with two attached hydrogens (primary N) is 1. The lowest BCUT2D eigenvalue weighted by Crippen LogP contribution is -2.55. The summed E-state index contributed by atoms with van der Waals surface area (Å²) in [5, 5.41) is 0. The van der Waals surface area contributed by atoms with E-state index in [-0.39, 0.29) is 17.7 Å². The fourth-order valence-electron chi connectivity index (χ4n) is 2.12. The highest BCUT2D eigenvalue weighted by molar-refractivity contribution is 7.98. The van der Waals surface area contributed by atoms with E-state index in [2.05, 4.69) is 0 Å². The van der Waals surface area contributed by atoms with Crippen molar-refractivity contribution in [3.05, 3.63) is 0 Å². The van der Waals surface area contributed by atoms with Gasteiger partial charge in [0, 0.05) is 32.1 Å². The second kappa shape index (κ2) is 7.75. The summed E-state index contributed by atoms with van der Waals surface area (Å²) in [6.45, 7) is 6.25. The molecular formula is C13H25N3O2S. The molecule has 1 saturated heterocycles. The summed E-state index contributed by atoms with van der Waals surface area (Å²) in [7, 11) is 0. The monoisotopic (exact) mass is 287 g/mol. The molecule has 1 aliphatic heterocycles. The van der Waals surface area contributed by atoms with Crippen LogP contribution in [-0.2, 0) is 9.59 Å². The van der Waals surface area contributed by atoms with Crippen LogP contribution in [0, 0.1) is 5.92 Å². The maximum atomic E-state index is 12.1. The Labute approximate surface area is 119 Å². The molecule has 0 aliphatic carbocycles. The zero-order chi connectivity index (χ0) is 14.4. The average molecular weight is 287 g/mol. The topological polar surface area (TPSA) is 66.6 Å². The molecule has 0 aromatic carbocycles. The zero-order valence-corrected chi connectivity index (χ0v) is 12.9. The normalized spacial score (nSPS) is 17.7. The molecule has 0 spiro atoms. The molecule has 0 saturated carbocycles. The molecular weight excluding hydrogens is 262 g/mol. The Kier molecular flexibility index (Phi) is 6.65. The van der Waals surface area contributed by atoms with Gasteiger partial charge in [0.15, 0.2) is 0 Å². The van der Waals surface area contributed by atoms with Crippen LogP contribution in [0.5, 0.6) is 0 Å². The van der Waals surface area contributed by atoms with Gasteiger partial charge in [0.25, 0.3) is 0 Å². The molecule has 6 heteroatoms. The predicted octanol–water partition coefficient (Wildman–Crippen LogP) is 0.394. The first-order valence-electron chi connectivity index (χ1n) is 6.79. The number of hydrogen-bond donors (Lipinski definition) is 1. The lowest BCUT2D eigenvalue weighted by molar-refractivity contribution is -0.142. The molecule has 0 aromatic heterocycles. The summed E-state index contributed by atoms with van der Waals surface area (Å²) in [4.78, 5) is 27.6. The van der Waals surface area contributed by atoms with Crippen LogP contribution in [-0.4, -0.2) is 65.8 Å². The fraction of sp³-hybridized carbons (Fsp3) is 0.846. The summed E-state index contributed by atoms with van der Waals surface area (Å²) < 4.78 is 0. The minimum absolute atomic E-state index is 0.0192. The van der Waals surface area contributed by atoms with Gasteiger partial charge in [0.05, 0.1) is 6.04 Å². The third-order valence-corrected chi connectivity index (χ3v) is 3.99. The van der Waals surface area contributed by atoms with Crippen LogP contribution in [0.3, 0.4) is 0 Å². The second-order valence-electron chi connectivity index (χ2n) is 5.19. The Morgan fingerprint density at radius 2 is 1.58 bits per heavy atom. The van der Waals surface area contributed by atoms with Gasteiger partial charge < -0.3 is 15.5 Å². The van der Waals surface area contributed by atoms with Gasteiger partial charge >= 0.3 is 0 Å². The predicted molar refractivity (Wildman–Crippen MR) is 79.0 cm³/mol. The summed E-state index contributed by atoms with van der Waals surface area (Å²) in [5.41, 5.74) is 5.89. The average Bonchev–Trinajstić information content (AvgIpc) is 2.43. The number of rotatable bonds is 5. The van der Waals surface area contributed by atoms with Gasteiger partial charge in [-0.15, -0.1) is 0 Å². The van der Waals surface area contributed by atoms with Crippen LogP contribution >= 0.6 is 11.8 Å².